The summed E-state index contributed by atoms with van der Waals surface area (Å²) in [7, 11) is 0. The molecule has 2 aliphatic carbocycles. The number of hydrogen-bond acceptors (Lipinski definition) is 2. The second-order valence-electron chi connectivity index (χ2n) is 14.4. The van der Waals surface area contributed by atoms with Crippen LogP contribution in [0.2, 0.25) is 0 Å². The number of para-hydroxylation sites is 1. The molecule has 0 saturated carbocycles. The first-order valence-corrected chi connectivity index (χ1v) is 19.2. The van der Waals surface area contributed by atoms with E-state index < -0.39 is 5.41 Å². The van der Waals surface area contributed by atoms with E-state index in [4.69, 9.17) is 0 Å². The Morgan fingerprint density at radius 2 is 0.962 bits per heavy atom. The summed E-state index contributed by atoms with van der Waals surface area (Å²) >= 11 is 1.87. The van der Waals surface area contributed by atoms with Crippen LogP contribution in [0.25, 0.3) is 64.0 Å². The largest absolute Gasteiger partial charge is 0.310 e. The summed E-state index contributed by atoms with van der Waals surface area (Å²) in [6.45, 7) is 0. The second kappa shape index (κ2) is 10.8. The number of fused-ring (bicyclic) bond motifs is 17. The van der Waals surface area contributed by atoms with E-state index in [0.29, 0.717) is 0 Å². The van der Waals surface area contributed by atoms with Gasteiger partial charge >= 0.3 is 0 Å². The van der Waals surface area contributed by atoms with Crippen molar-refractivity contribution in [1.82, 2.24) is 0 Å². The maximum Gasteiger partial charge on any atom is 0.0726 e. The quantitative estimate of drug-likeness (QED) is 0.178. The van der Waals surface area contributed by atoms with Crippen molar-refractivity contribution in [2.24, 2.45) is 0 Å². The third-order valence-corrected chi connectivity index (χ3v) is 13.0. The van der Waals surface area contributed by atoms with Gasteiger partial charge in [0.1, 0.15) is 0 Å². The molecule has 53 heavy (non-hydrogen) atoms. The lowest BCUT2D eigenvalue weighted by molar-refractivity contribution is 0.795. The number of hydrogen-bond donors (Lipinski definition) is 0. The summed E-state index contributed by atoms with van der Waals surface area (Å²) in [5, 5.41) is 7.69. The first kappa shape index (κ1) is 29.1. The molecular weight excluding hydrogens is 659 g/mol. The fourth-order valence-electron chi connectivity index (χ4n) is 9.78. The van der Waals surface area contributed by atoms with Gasteiger partial charge in [-0.2, -0.15) is 0 Å². The molecule has 0 radical (unpaired) electrons. The van der Waals surface area contributed by atoms with Crippen molar-refractivity contribution in [2.75, 3.05) is 4.90 Å². The smallest absolute Gasteiger partial charge is 0.0726 e. The molecule has 246 valence electrons. The summed E-state index contributed by atoms with van der Waals surface area (Å²) in [5.41, 5.74) is 13.8. The molecule has 0 atom stereocenters. The van der Waals surface area contributed by atoms with Gasteiger partial charge in [0.2, 0.25) is 0 Å². The maximum absolute atomic E-state index is 2.55. The molecule has 0 bridgehead atoms. The standard InChI is InChI=1S/C51H31NS/c1-2-15-33(16-3-1)52(34-27-29-48-41(30-34)39-21-10-13-25-47(39)53-48)46-31-45-50(40-22-7-6-20-38(40)46)49-35-17-5-4-14-32(35)26-28-44(49)51(45)42-23-11-8-18-36(42)37-19-9-12-24-43(37)51/h1-31H. The van der Waals surface area contributed by atoms with Crippen LogP contribution >= 0.6 is 11.3 Å². The molecule has 0 N–H and O–H groups in total. The molecule has 9 aromatic carbocycles. The van der Waals surface area contributed by atoms with Gasteiger partial charge in [-0.1, -0.05) is 146 Å². The van der Waals surface area contributed by atoms with E-state index in [1.807, 2.05) is 11.3 Å². The van der Waals surface area contributed by atoms with Crippen LogP contribution in [0, 0.1) is 0 Å². The highest BCUT2D eigenvalue weighted by molar-refractivity contribution is 7.25. The second-order valence-corrected chi connectivity index (χ2v) is 15.4. The van der Waals surface area contributed by atoms with E-state index in [0.717, 1.165) is 11.4 Å². The minimum absolute atomic E-state index is 0.476. The van der Waals surface area contributed by atoms with Gasteiger partial charge in [-0.3, -0.25) is 0 Å². The molecule has 1 nitrogen and oxygen atoms in total. The average molecular weight is 690 g/mol. The third-order valence-electron chi connectivity index (χ3n) is 11.8. The van der Waals surface area contributed by atoms with Crippen molar-refractivity contribution in [3.8, 4) is 22.3 Å². The summed E-state index contributed by atoms with van der Waals surface area (Å²) in [5.74, 6) is 0. The molecule has 12 rings (SSSR count). The molecule has 1 aromatic heterocycles. The predicted molar refractivity (Wildman–Crippen MR) is 225 cm³/mol. The molecule has 1 heterocycles. The van der Waals surface area contributed by atoms with Crippen LogP contribution in [0.3, 0.4) is 0 Å². The molecule has 10 aromatic rings. The monoisotopic (exact) mass is 689 g/mol. The fourth-order valence-corrected chi connectivity index (χ4v) is 10.9. The molecule has 0 fully saturated rings. The lowest BCUT2D eigenvalue weighted by atomic mass is 9.70. The molecule has 2 heteroatoms. The number of thiophene rings is 1. The highest BCUT2D eigenvalue weighted by Crippen LogP contribution is 2.65. The average Bonchev–Trinajstić information content (AvgIpc) is 3.85. The fraction of sp³-hybridized carbons (Fsp3) is 0.0196. The molecular formula is C51H31NS. The van der Waals surface area contributed by atoms with Gasteiger partial charge in [-0.25, -0.2) is 0 Å². The number of benzene rings is 9. The van der Waals surface area contributed by atoms with Gasteiger partial charge in [0.05, 0.1) is 11.1 Å². The Morgan fingerprint density at radius 1 is 0.358 bits per heavy atom. The SMILES string of the molecule is c1ccc(N(c2ccc3sc4ccccc4c3c2)c2cc3c(c4ccccc24)-c2c(ccc4ccccc24)C32c3ccccc3-c3ccccc32)cc1. The Kier molecular flexibility index (Phi) is 5.92. The van der Waals surface area contributed by atoms with Crippen LogP contribution in [0.5, 0.6) is 0 Å². The van der Waals surface area contributed by atoms with E-state index in [1.54, 1.807) is 0 Å². The maximum atomic E-state index is 2.55. The van der Waals surface area contributed by atoms with Crippen molar-refractivity contribution in [1.29, 1.82) is 0 Å². The van der Waals surface area contributed by atoms with Crippen LogP contribution < -0.4 is 4.90 Å². The van der Waals surface area contributed by atoms with Gasteiger partial charge in [-0.05, 0) is 103 Å². The van der Waals surface area contributed by atoms with Crippen molar-refractivity contribution < 1.29 is 0 Å². The highest BCUT2D eigenvalue weighted by Gasteiger charge is 2.52. The summed E-state index contributed by atoms with van der Waals surface area (Å²) in [6, 6.07) is 70.3. The molecule has 0 aliphatic heterocycles. The molecule has 0 amide bonds. The third kappa shape index (κ3) is 3.81. The van der Waals surface area contributed by atoms with Gasteiger partial charge in [0, 0.05) is 36.9 Å². The van der Waals surface area contributed by atoms with Crippen molar-refractivity contribution in [3.05, 3.63) is 210 Å². The Hall–Kier alpha value is -6.48. The minimum Gasteiger partial charge on any atom is -0.310 e. The van der Waals surface area contributed by atoms with Crippen LogP contribution in [-0.2, 0) is 5.41 Å². The zero-order chi connectivity index (χ0) is 34.7. The first-order valence-electron chi connectivity index (χ1n) is 18.4. The Labute approximate surface area is 311 Å². The van der Waals surface area contributed by atoms with E-state index in [9.17, 15) is 0 Å². The van der Waals surface area contributed by atoms with Gasteiger partial charge in [0.25, 0.3) is 0 Å². The molecule has 2 aliphatic rings. The lowest BCUT2D eigenvalue weighted by Gasteiger charge is -2.33. The van der Waals surface area contributed by atoms with Crippen molar-refractivity contribution >= 4 is 70.1 Å². The molecule has 1 spiro atoms. The highest BCUT2D eigenvalue weighted by atomic mass is 32.1. The summed E-state index contributed by atoms with van der Waals surface area (Å²) in [6.07, 6.45) is 0. The van der Waals surface area contributed by atoms with E-state index in [-0.39, 0.29) is 0 Å². The van der Waals surface area contributed by atoms with E-state index >= 15 is 0 Å². The van der Waals surface area contributed by atoms with E-state index in [1.165, 1.54) is 91.9 Å². The van der Waals surface area contributed by atoms with Gasteiger partial charge in [0.15, 0.2) is 0 Å². The number of nitrogens with zero attached hydrogens (tertiary/aromatic N) is 1. The van der Waals surface area contributed by atoms with Crippen LogP contribution in [0.4, 0.5) is 17.1 Å². The minimum atomic E-state index is -0.476. The summed E-state index contributed by atoms with van der Waals surface area (Å²) < 4.78 is 2.63. The Balaban J connectivity index is 1.25. The van der Waals surface area contributed by atoms with Crippen LogP contribution in [0.15, 0.2) is 188 Å². The number of rotatable bonds is 3. The summed E-state index contributed by atoms with van der Waals surface area (Å²) in [4.78, 5) is 2.50. The molecule has 0 saturated heterocycles. The van der Waals surface area contributed by atoms with Crippen LogP contribution in [0.1, 0.15) is 22.3 Å². The van der Waals surface area contributed by atoms with E-state index in [2.05, 4.69) is 193 Å². The first-order chi connectivity index (χ1) is 26.3. The van der Waals surface area contributed by atoms with Gasteiger partial charge < -0.3 is 4.90 Å². The van der Waals surface area contributed by atoms with Crippen LogP contribution in [-0.4, -0.2) is 0 Å². The molecule has 0 unspecified atom stereocenters. The lowest BCUT2D eigenvalue weighted by Crippen LogP contribution is -2.26. The zero-order valence-corrected chi connectivity index (χ0v) is 29.6. The number of anilines is 3. The van der Waals surface area contributed by atoms with Crippen molar-refractivity contribution in [3.63, 3.8) is 0 Å². The zero-order valence-electron chi connectivity index (χ0n) is 28.8. The normalized spacial score (nSPS) is 13.4. The van der Waals surface area contributed by atoms with Gasteiger partial charge in [-0.15, -0.1) is 11.3 Å². The Bertz CT molecular complexity index is 3090. The topological polar surface area (TPSA) is 3.24 Å². The Morgan fingerprint density at radius 3 is 1.75 bits per heavy atom. The predicted octanol–water partition coefficient (Wildman–Crippen LogP) is 14.2. The van der Waals surface area contributed by atoms with Crippen molar-refractivity contribution in [2.45, 2.75) is 5.41 Å².